The van der Waals surface area contributed by atoms with Gasteiger partial charge < -0.3 is 4.90 Å². The predicted molar refractivity (Wildman–Crippen MR) is 83.1 cm³/mol. The van der Waals surface area contributed by atoms with Crippen molar-refractivity contribution in [2.24, 2.45) is 0 Å². The van der Waals surface area contributed by atoms with Crippen molar-refractivity contribution >= 4 is 27.7 Å². The third kappa shape index (κ3) is 4.90. The Bertz CT molecular complexity index is 561. The van der Waals surface area contributed by atoms with Crippen molar-refractivity contribution in [2.75, 3.05) is 20.1 Å². The molecular weight excluding hydrogens is 296 g/mol. The average Bonchev–Trinajstić information content (AvgIpc) is 2.41. The number of likely N-dealkylation sites (tertiary alicyclic amines) is 1. The van der Waals surface area contributed by atoms with Gasteiger partial charge in [0.2, 0.25) is 10.0 Å². The number of rotatable bonds is 4. The van der Waals surface area contributed by atoms with Crippen LogP contribution in [0, 0.1) is 0 Å². The van der Waals surface area contributed by atoms with Crippen LogP contribution in [0.4, 0.5) is 0 Å². The van der Waals surface area contributed by atoms with Crippen LogP contribution in [0.2, 0.25) is 5.02 Å². The van der Waals surface area contributed by atoms with E-state index in [0.717, 1.165) is 31.5 Å². The quantitative estimate of drug-likeness (QED) is 0.928. The molecule has 1 saturated heterocycles. The lowest BCUT2D eigenvalue weighted by atomic mass is 10.1. The maximum Gasteiger partial charge on any atom is 0.233 e. The number of piperidine rings is 1. The minimum absolute atomic E-state index is 0.0334. The maximum atomic E-state index is 12.0. The molecule has 20 heavy (non-hydrogen) atoms. The zero-order valence-electron chi connectivity index (χ0n) is 11.4. The number of nitrogens with zero attached hydrogens (tertiary/aromatic N) is 1. The van der Waals surface area contributed by atoms with Crippen LogP contribution in [0.5, 0.6) is 0 Å². The van der Waals surface area contributed by atoms with Crippen LogP contribution >= 0.6 is 11.6 Å². The summed E-state index contributed by atoms with van der Waals surface area (Å²) in [6, 6.07) is 7.07. The molecule has 0 saturated carbocycles. The number of hydrogen-bond donors (Lipinski definition) is 1. The van der Waals surface area contributed by atoms with E-state index in [0.29, 0.717) is 5.02 Å². The summed E-state index contributed by atoms with van der Waals surface area (Å²) in [5.41, 5.74) is 0.808. The van der Waals surface area contributed by atoms with Crippen molar-refractivity contribution in [2.45, 2.75) is 18.9 Å². The van der Waals surface area contributed by atoms with Gasteiger partial charge in [-0.3, -0.25) is 0 Å². The van der Waals surface area contributed by atoms with Gasteiger partial charge in [-0.2, -0.15) is 0 Å². The molecule has 2 rings (SSSR count). The average molecular weight is 315 g/mol. The molecule has 0 radical (unpaired) electrons. The molecule has 0 unspecified atom stereocenters. The van der Waals surface area contributed by atoms with E-state index < -0.39 is 10.0 Å². The second-order valence-corrected chi connectivity index (χ2v) is 7.13. The van der Waals surface area contributed by atoms with Gasteiger partial charge in [0.15, 0.2) is 0 Å². The Hall–Kier alpha value is -0.880. The summed E-state index contributed by atoms with van der Waals surface area (Å²) in [4.78, 5) is 2.20. The summed E-state index contributed by atoms with van der Waals surface area (Å²) < 4.78 is 26.7. The van der Waals surface area contributed by atoms with E-state index in [1.165, 1.54) is 5.41 Å². The fourth-order valence-electron chi connectivity index (χ4n) is 2.14. The monoisotopic (exact) mass is 314 g/mol. The molecule has 4 nitrogen and oxygen atoms in total. The number of halogens is 1. The van der Waals surface area contributed by atoms with E-state index in [9.17, 15) is 8.42 Å². The number of sulfonamides is 1. The lowest BCUT2D eigenvalue weighted by Crippen LogP contribution is -2.42. The minimum atomic E-state index is -3.39. The molecule has 1 aromatic rings. The molecule has 1 N–H and O–H groups in total. The molecule has 1 heterocycles. The van der Waals surface area contributed by atoms with Crippen LogP contribution < -0.4 is 4.72 Å². The van der Waals surface area contributed by atoms with E-state index in [1.807, 2.05) is 7.05 Å². The van der Waals surface area contributed by atoms with Gasteiger partial charge in [-0.15, -0.1) is 0 Å². The Labute approximate surface area is 125 Å². The van der Waals surface area contributed by atoms with Crippen LogP contribution in [0.3, 0.4) is 0 Å². The van der Waals surface area contributed by atoms with Gasteiger partial charge in [-0.05, 0) is 56.8 Å². The Morgan fingerprint density at radius 2 is 1.85 bits per heavy atom. The van der Waals surface area contributed by atoms with Crippen LogP contribution in [0.25, 0.3) is 6.08 Å². The van der Waals surface area contributed by atoms with Gasteiger partial charge in [0.25, 0.3) is 0 Å². The molecule has 0 aromatic heterocycles. The first-order valence-corrected chi connectivity index (χ1v) is 8.51. The summed E-state index contributed by atoms with van der Waals surface area (Å²) in [7, 11) is -1.34. The first-order valence-electron chi connectivity index (χ1n) is 6.59. The van der Waals surface area contributed by atoms with Crippen molar-refractivity contribution in [3.63, 3.8) is 0 Å². The molecule has 1 aliphatic rings. The molecule has 1 aliphatic heterocycles. The van der Waals surface area contributed by atoms with Gasteiger partial charge in [0, 0.05) is 16.5 Å². The van der Waals surface area contributed by atoms with E-state index >= 15 is 0 Å². The SMILES string of the molecule is CN1CCC(NS(=O)(=O)/C=C/c2ccc(Cl)cc2)CC1. The zero-order chi connectivity index (χ0) is 14.6. The molecule has 1 fully saturated rings. The Morgan fingerprint density at radius 3 is 2.45 bits per heavy atom. The van der Waals surface area contributed by atoms with Gasteiger partial charge in [-0.25, -0.2) is 13.1 Å². The van der Waals surface area contributed by atoms with Crippen LogP contribution in [0.1, 0.15) is 18.4 Å². The van der Waals surface area contributed by atoms with Gasteiger partial charge in [0.05, 0.1) is 0 Å². The molecule has 0 atom stereocenters. The standard InChI is InChI=1S/C14H19ClN2O2S/c1-17-9-6-14(7-10-17)16-20(18,19)11-8-12-2-4-13(15)5-3-12/h2-5,8,11,14,16H,6-7,9-10H2,1H3/b11-8+. The maximum absolute atomic E-state index is 12.0. The van der Waals surface area contributed by atoms with Crippen molar-refractivity contribution in [3.05, 3.63) is 40.3 Å². The molecule has 0 bridgehead atoms. The van der Waals surface area contributed by atoms with Crippen molar-refractivity contribution in [1.82, 2.24) is 9.62 Å². The second-order valence-electron chi connectivity index (χ2n) is 5.09. The topological polar surface area (TPSA) is 49.4 Å². The van der Waals surface area contributed by atoms with Gasteiger partial charge in [0.1, 0.15) is 0 Å². The molecule has 0 aliphatic carbocycles. The first kappa shape index (κ1) is 15.5. The summed E-state index contributed by atoms with van der Waals surface area (Å²) in [5, 5.41) is 1.85. The lowest BCUT2D eigenvalue weighted by molar-refractivity contribution is 0.248. The molecular formula is C14H19ClN2O2S. The van der Waals surface area contributed by atoms with E-state index in [2.05, 4.69) is 9.62 Å². The molecule has 6 heteroatoms. The number of benzene rings is 1. The van der Waals surface area contributed by atoms with Crippen LogP contribution in [0.15, 0.2) is 29.7 Å². The van der Waals surface area contributed by atoms with Gasteiger partial charge >= 0.3 is 0 Å². The third-order valence-electron chi connectivity index (χ3n) is 3.36. The summed E-state index contributed by atoms with van der Waals surface area (Å²) in [5.74, 6) is 0. The number of hydrogen-bond acceptors (Lipinski definition) is 3. The summed E-state index contributed by atoms with van der Waals surface area (Å²) in [6.07, 6.45) is 3.28. The highest BCUT2D eigenvalue weighted by atomic mass is 35.5. The highest BCUT2D eigenvalue weighted by molar-refractivity contribution is 7.92. The molecule has 0 spiro atoms. The predicted octanol–water partition coefficient (Wildman–Crippen LogP) is 2.32. The summed E-state index contributed by atoms with van der Waals surface area (Å²) in [6.45, 7) is 1.85. The molecule has 110 valence electrons. The smallest absolute Gasteiger partial charge is 0.233 e. The van der Waals surface area contributed by atoms with Crippen molar-refractivity contribution in [1.29, 1.82) is 0 Å². The summed E-state index contributed by atoms with van der Waals surface area (Å²) >= 11 is 5.78. The van der Waals surface area contributed by atoms with E-state index in [4.69, 9.17) is 11.6 Å². The Morgan fingerprint density at radius 1 is 1.25 bits per heavy atom. The van der Waals surface area contributed by atoms with Crippen LogP contribution in [-0.4, -0.2) is 39.5 Å². The second kappa shape index (κ2) is 6.72. The first-order chi connectivity index (χ1) is 9.44. The highest BCUT2D eigenvalue weighted by Crippen LogP contribution is 2.12. The highest BCUT2D eigenvalue weighted by Gasteiger charge is 2.20. The van der Waals surface area contributed by atoms with E-state index in [-0.39, 0.29) is 6.04 Å². The third-order valence-corrected chi connectivity index (χ3v) is 4.77. The van der Waals surface area contributed by atoms with Crippen LogP contribution in [-0.2, 0) is 10.0 Å². The fourth-order valence-corrected chi connectivity index (χ4v) is 3.38. The normalized spacial score (nSPS) is 18.7. The molecule has 0 amide bonds. The Balaban J connectivity index is 1.95. The largest absolute Gasteiger partial charge is 0.306 e. The number of nitrogens with one attached hydrogen (secondary N) is 1. The van der Waals surface area contributed by atoms with E-state index in [1.54, 1.807) is 30.3 Å². The zero-order valence-corrected chi connectivity index (χ0v) is 13.0. The molecule has 1 aromatic carbocycles. The van der Waals surface area contributed by atoms with Gasteiger partial charge in [-0.1, -0.05) is 23.7 Å². The van der Waals surface area contributed by atoms with Crippen molar-refractivity contribution < 1.29 is 8.42 Å². The minimum Gasteiger partial charge on any atom is -0.306 e. The fraction of sp³-hybridized carbons (Fsp3) is 0.429. The van der Waals surface area contributed by atoms with Crippen molar-refractivity contribution in [3.8, 4) is 0 Å². The lowest BCUT2D eigenvalue weighted by Gasteiger charge is -2.28. The Kier molecular flexibility index (Phi) is 5.21.